The summed E-state index contributed by atoms with van der Waals surface area (Å²) in [5.74, 6) is 1.92. The van der Waals surface area contributed by atoms with E-state index in [0.717, 1.165) is 56.5 Å². The van der Waals surface area contributed by atoms with Crippen molar-refractivity contribution in [3.05, 3.63) is 64.4 Å². The van der Waals surface area contributed by atoms with E-state index in [1.54, 1.807) is 9.80 Å². The maximum absolute atomic E-state index is 5.62. The lowest BCUT2D eigenvalue weighted by Crippen LogP contribution is -3.27. The van der Waals surface area contributed by atoms with E-state index in [1.807, 2.05) is 22.9 Å². The zero-order valence-corrected chi connectivity index (χ0v) is 17.3. The first-order chi connectivity index (χ1) is 14.2. The van der Waals surface area contributed by atoms with Crippen molar-refractivity contribution in [2.75, 3.05) is 32.8 Å². The number of H-pyrrole nitrogens is 1. The Morgan fingerprint density at radius 3 is 2.66 bits per heavy atom. The van der Waals surface area contributed by atoms with Gasteiger partial charge in [-0.3, -0.25) is 5.10 Å². The summed E-state index contributed by atoms with van der Waals surface area (Å²) >= 11 is 5.48. The molecule has 7 heteroatoms. The van der Waals surface area contributed by atoms with E-state index in [4.69, 9.17) is 17.0 Å². The van der Waals surface area contributed by atoms with Gasteiger partial charge in [0.05, 0.1) is 6.61 Å². The fraction of sp³-hybridized carbons (Fsp3) is 0.364. The second-order valence-corrected chi connectivity index (χ2v) is 8.39. The average Bonchev–Trinajstić information content (AvgIpc) is 3.36. The molecule has 0 atom stereocenters. The van der Waals surface area contributed by atoms with Crippen molar-refractivity contribution in [1.82, 2.24) is 14.8 Å². The van der Waals surface area contributed by atoms with Gasteiger partial charge in [0.1, 0.15) is 38.5 Å². The minimum atomic E-state index is 0.631. The van der Waals surface area contributed by atoms with Crippen LogP contribution in [0.2, 0.25) is 0 Å². The highest BCUT2D eigenvalue weighted by atomic mass is 32.1. The summed E-state index contributed by atoms with van der Waals surface area (Å²) < 4.78 is 8.27. The Morgan fingerprint density at radius 2 is 1.83 bits per heavy atom. The van der Waals surface area contributed by atoms with E-state index in [1.165, 1.54) is 24.2 Å². The Balaban J connectivity index is 1.17. The molecule has 0 unspecified atom stereocenters. The normalized spacial score (nSPS) is 21.0. The number of hydrogen-bond acceptors (Lipinski definition) is 3. The lowest BCUT2D eigenvalue weighted by Gasteiger charge is -2.29. The Labute approximate surface area is 175 Å². The van der Waals surface area contributed by atoms with Crippen LogP contribution in [0.15, 0.2) is 48.5 Å². The third-order valence-electron chi connectivity index (χ3n) is 5.98. The van der Waals surface area contributed by atoms with Crippen molar-refractivity contribution >= 4 is 12.2 Å². The van der Waals surface area contributed by atoms with Gasteiger partial charge in [0.25, 0.3) is 0 Å². The Bertz CT molecular complexity index is 1040. The van der Waals surface area contributed by atoms with Gasteiger partial charge in [-0.15, -0.1) is 0 Å². The molecule has 2 aliphatic rings. The number of benzene rings is 2. The van der Waals surface area contributed by atoms with Crippen LogP contribution in [-0.2, 0) is 19.6 Å². The van der Waals surface area contributed by atoms with Crippen LogP contribution < -0.4 is 14.5 Å². The lowest BCUT2D eigenvalue weighted by atomic mass is 10.1. The molecular formula is C22H27N5OS+2. The molecule has 5 rings (SSSR count). The molecule has 3 heterocycles. The summed E-state index contributed by atoms with van der Waals surface area (Å²) in [6, 6.07) is 16.9. The van der Waals surface area contributed by atoms with Crippen LogP contribution in [0.3, 0.4) is 0 Å². The van der Waals surface area contributed by atoms with Gasteiger partial charge in [0, 0.05) is 17.5 Å². The molecule has 0 radical (unpaired) electrons. The minimum Gasteiger partial charge on any atom is -0.493 e. The number of hydrogen-bond donors (Lipinski definition) is 3. The SMILES string of the molecule is S=c1nc(-c2ccccc2)[nH]n1C[NH+]1CC[NH+](Cc2ccc3c(c2)CCO3)CC1. The first kappa shape index (κ1) is 18.5. The third kappa shape index (κ3) is 4.12. The highest BCUT2D eigenvalue weighted by Gasteiger charge is 2.24. The quantitative estimate of drug-likeness (QED) is 0.538. The van der Waals surface area contributed by atoms with Gasteiger partial charge in [-0.25, -0.2) is 4.68 Å². The molecule has 6 nitrogen and oxygen atoms in total. The summed E-state index contributed by atoms with van der Waals surface area (Å²) in [7, 11) is 0. The highest BCUT2D eigenvalue weighted by Crippen LogP contribution is 2.25. The monoisotopic (exact) mass is 409 g/mol. The molecule has 3 N–H and O–H groups in total. The average molecular weight is 410 g/mol. The number of nitrogens with one attached hydrogen (secondary N) is 3. The highest BCUT2D eigenvalue weighted by molar-refractivity contribution is 7.71. The molecule has 1 fully saturated rings. The van der Waals surface area contributed by atoms with Crippen molar-refractivity contribution in [2.45, 2.75) is 19.6 Å². The molecule has 2 aromatic carbocycles. The van der Waals surface area contributed by atoms with E-state index >= 15 is 0 Å². The van der Waals surface area contributed by atoms with Crippen molar-refractivity contribution in [3.8, 4) is 17.1 Å². The van der Waals surface area contributed by atoms with Crippen LogP contribution in [0.4, 0.5) is 0 Å². The van der Waals surface area contributed by atoms with Gasteiger partial charge in [0.2, 0.25) is 4.77 Å². The summed E-state index contributed by atoms with van der Waals surface area (Å²) in [5.41, 5.74) is 3.87. The van der Waals surface area contributed by atoms with Crippen LogP contribution in [0.1, 0.15) is 11.1 Å². The molecule has 1 saturated heterocycles. The van der Waals surface area contributed by atoms with Crippen molar-refractivity contribution < 1.29 is 14.5 Å². The van der Waals surface area contributed by atoms with E-state index in [2.05, 4.69) is 40.4 Å². The number of fused-ring (bicyclic) bond motifs is 1. The summed E-state index contributed by atoms with van der Waals surface area (Å²) in [5, 5.41) is 3.38. The largest absolute Gasteiger partial charge is 0.493 e. The van der Waals surface area contributed by atoms with E-state index in [0.29, 0.717) is 4.77 Å². The number of ether oxygens (including phenoxy) is 1. The van der Waals surface area contributed by atoms with Gasteiger partial charge in [-0.2, -0.15) is 4.98 Å². The molecule has 0 aliphatic carbocycles. The predicted molar refractivity (Wildman–Crippen MR) is 114 cm³/mol. The number of aromatic amines is 1. The molecule has 0 bridgehead atoms. The molecule has 150 valence electrons. The van der Waals surface area contributed by atoms with E-state index < -0.39 is 0 Å². The molecule has 29 heavy (non-hydrogen) atoms. The van der Waals surface area contributed by atoms with Gasteiger partial charge in [-0.05, 0) is 36.0 Å². The topological polar surface area (TPSA) is 51.7 Å². The number of quaternary nitrogens is 2. The van der Waals surface area contributed by atoms with Crippen molar-refractivity contribution in [2.24, 2.45) is 0 Å². The predicted octanol–water partition coefficient (Wildman–Crippen LogP) is 0.484. The van der Waals surface area contributed by atoms with E-state index in [9.17, 15) is 0 Å². The maximum Gasteiger partial charge on any atom is 0.221 e. The Morgan fingerprint density at radius 1 is 1.03 bits per heavy atom. The third-order valence-corrected chi connectivity index (χ3v) is 6.29. The molecule has 1 aromatic heterocycles. The van der Waals surface area contributed by atoms with Gasteiger partial charge in [-0.1, -0.05) is 30.3 Å². The fourth-order valence-corrected chi connectivity index (χ4v) is 4.54. The molecule has 0 spiro atoms. The smallest absolute Gasteiger partial charge is 0.221 e. The number of nitrogens with zero attached hydrogens (tertiary/aromatic N) is 2. The fourth-order valence-electron chi connectivity index (χ4n) is 4.34. The van der Waals surface area contributed by atoms with Gasteiger partial charge >= 0.3 is 0 Å². The van der Waals surface area contributed by atoms with Crippen molar-refractivity contribution in [1.29, 1.82) is 0 Å². The summed E-state index contributed by atoms with van der Waals surface area (Å²) in [6.45, 7) is 7.42. The first-order valence-corrected chi connectivity index (χ1v) is 10.8. The number of piperazine rings is 1. The zero-order chi connectivity index (χ0) is 19.6. The Hall–Kier alpha value is -2.48. The molecular weight excluding hydrogens is 382 g/mol. The second-order valence-electron chi connectivity index (χ2n) is 8.02. The van der Waals surface area contributed by atoms with Crippen LogP contribution in [0, 0.1) is 4.77 Å². The first-order valence-electron chi connectivity index (χ1n) is 10.4. The van der Waals surface area contributed by atoms with E-state index in [-0.39, 0.29) is 0 Å². The maximum atomic E-state index is 5.62. The minimum absolute atomic E-state index is 0.631. The zero-order valence-electron chi connectivity index (χ0n) is 16.5. The summed E-state index contributed by atoms with van der Waals surface area (Å²) in [4.78, 5) is 7.75. The number of aromatic nitrogens is 3. The van der Waals surface area contributed by atoms with Crippen molar-refractivity contribution in [3.63, 3.8) is 0 Å². The molecule has 2 aliphatic heterocycles. The van der Waals surface area contributed by atoms with Crippen LogP contribution in [0.5, 0.6) is 5.75 Å². The van der Waals surface area contributed by atoms with Gasteiger partial charge in [0.15, 0.2) is 12.5 Å². The lowest BCUT2D eigenvalue weighted by molar-refractivity contribution is -1.03. The molecule has 0 saturated carbocycles. The van der Waals surface area contributed by atoms with Crippen LogP contribution >= 0.6 is 12.2 Å². The number of rotatable bonds is 5. The second kappa shape index (κ2) is 8.10. The Kier molecular flexibility index (Phi) is 5.18. The summed E-state index contributed by atoms with van der Waals surface area (Å²) in [6.07, 6.45) is 1.05. The van der Waals surface area contributed by atoms with Crippen LogP contribution in [0.25, 0.3) is 11.4 Å². The van der Waals surface area contributed by atoms with Crippen LogP contribution in [-0.4, -0.2) is 47.6 Å². The molecule has 0 amide bonds. The molecule has 3 aromatic rings. The standard InChI is InChI=1S/C22H25N5OS/c29-22-23-21(18-4-2-1-3-5-18)24-27(22)16-26-11-9-25(10-12-26)15-17-6-7-20-19(14-17)8-13-28-20/h1-7,14H,8-13,15-16H2,(H,23,24,29)/p+2. The van der Waals surface area contributed by atoms with Gasteiger partial charge < -0.3 is 14.5 Å².